The van der Waals surface area contributed by atoms with Crippen LogP contribution in [-0.4, -0.2) is 17.1 Å². The highest BCUT2D eigenvalue weighted by Gasteiger charge is 2.21. The Balaban J connectivity index is 1.75. The Bertz CT molecular complexity index is 1330. The molecule has 0 unspecified atom stereocenters. The first kappa shape index (κ1) is 17.9. The van der Waals surface area contributed by atoms with Crippen molar-refractivity contribution in [1.82, 2.24) is 9.97 Å². The molecule has 5 rings (SSSR count). The number of hydrogen-bond donors (Lipinski definition) is 1. The molecule has 2 aromatic heterocycles. The smallest absolute Gasteiger partial charge is 0.232 e. The number of anilines is 1. The summed E-state index contributed by atoms with van der Waals surface area (Å²) in [7, 11) is 1.65. The molecule has 0 bridgehead atoms. The van der Waals surface area contributed by atoms with E-state index in [0.717, 1.165) is 33.6 Å². The molecule has 0 atom stereocenters. The number of hydrogen-bond acceptors (Lipinski definition) is 5. The second kappa shape index (κ2) is 7.37. The summed E-state index contributed by atoms with van der Waals surface area (Å²) >= 11 is 0. The van der Waals surface area contributed by atoms with Crippen molar-refractivity contribution in [3.63, 3.8) is 0 Å². The lowest BCUT2D eigenvalue weighted by Crippen LogP contribution is -1.92. The normalized spacial score (nSPS) is 11.0. The summed E-state index contributed by atoms with van der Waals surface area (Å²) in [6.45, 7) is 0. The van der Waals surface area contributed by atoms with Gasteiger partial charge in [-0.25, -0.2) is 9.97 Å². The number of furan rings is 1. The van der Waals surface area contributed by atoms with Gasteiger partial charge in [-0.05, 0) is 34.9 Å². The zero-order chi connectivity index (χ0) is 20.5. The number of nitrogen functional groups attached to an aromatic ring is 1. The Morgan fingerprint density at radius 2 is 1.50 bits per heavy atom. The number of nitrogens with zero attached hydrogens (tertiary/aromatic N) is 2. The fourth-order valence-electron chi connectivity index (χ4n) is 3.66. The highest BCUT2D eigenvalue weighted by molar-refractivity contribution is 6.05. The van der Waals surface area contributed by atoms with Gasteiger partial charge in [0.25, 0.3) is 0 Å². The molecule has 5 heteroatoms. The van der Waals surface area contributed by atoms with Crippen LogP contribution in [0, 0.1) is 0 Å². The van der Waals surface area contributed by atoms with Crippen LogP contribution in [0.5, 0.6) is 5.75 Å². The predicted molar refractivity (Wildman–Crippen MR) is 119 cm³/mol. The quantitative estimate of drug-likeness (QED) is 0.417. The van der Waals surface area contributed by atoms with E-state index in [1.165, 1.54) is 6.33 Å². The van der Waals surface area contributed by atoms with Gasteiger partial charge in [0.2, 0.25) is 5.71 Å². The topological polar surface area (TPSA) is 74.2 Å². The molecule has 30 heavy (non-hydrogen) atoms. The van der Waals surface area contributed by atoms with Crippen molar-refractivity contribution in [3.05, 3.63) is 85.2 Å². The predicted octanol–water partition coefficient (Wildman–Crippen LogP) is 5.81. The van der Waals surface area contributed by atoms with Gasteiger partial charge in [0.05, 0.1) is 12.5 Å². The molecule has 0 aliphatic rings. The number of methoxy groups -OCH3 is 1. The number of rotatable bonds is 4. The number of nitrogens with two attached hydrogens (primary N) is 1. The third-order valence-electron chi connectivity index (χ3n) is 5.13. The van der Waals surface area contributed by atoms with E-state index in [-0.39, 0.29) is 0 Å². The fraction of sp³-hybridized carbons (Fsp3) is 0.0400. The maximum absolute atomic E-state index is 6.23. The largest absolute Gasteiger partial charge is 0.497 e. The average Bonchev–Trinajstić information content (AvgIpc) is 3.21. The van der Waals surface area contributed by atoms with E-state index in [1.54, 1.807) is 7.11 Å². The van der Waals surface area contributed by atoms with Crippen molar-refractivity contribution in [3.8, 4) is 39.3 Å². The minimum atomic E-state index is 0.389. The molecule has 0 spiro atoms. The van der Waals surface area contributed by atoms with Gasteiger partial charge in [-0.15, -0.1) is 0 Å². The van der Waals surface area contributed by atoms with Crippen LogP contribution in [0.2, 0.25) is 0 Å². The molecule has 3 aromatic carbocycles. The third-order valence-corrected chi connectivity index (χ3v) is 5.13. The monoisotopic (exact) mass is 393 g/mol. The van der Waals surface area contributed by atoms with Crippen molar-refractivity contribution in [2.45, 2.75) is 0 Å². The Labute approximate surface area is 173 Å². The minimum Gasteiger partial charge on any atom is -0.497 e. The molecule has 0 fully saturated rings. The highest BCUT2D eigenvalue weighted by atomic mass is 16.5. The lowest BCUT2D eigenvalue weighted by Gasteiger charge is -2.08. The summed E-state index contributed by atoms with van der Waals surface area (Å²) < 4.78 is 11.5. The van der Waals surface area contributed by atoms with Crippen LogP contribution in [-0.2, 0) is 0 Å². The Hall–Kier alpha value is -4.12. The van der Waals surface area contributed by atoms with Crippen LogP contribution in [0.4, 0.5) is 5.82 Å². The lowest BCUT2D eigenvalue weighted by atomic mass is 9.97. The number of aromatic nitrogens is 2. The standard InChI is InChI=1S/C25H19N3O2/c1-29-20-12-10-17(11-13-20)21-22-24(26)27-15-28-25(22)30-23(21)19-9-5-8-18(14-19)16-6-3-2-4-7-16/h2-15H,1H3,(H2,26,27,28). The molecule has 0 amide bonds. The Morgan fingerprint density at radius 3 is 2.27 bits per heavy atom. The maximum atomic E-state index is 6.23. The van der Waals surface area contributed by atoms with E-state index in [9.17, 15) is 0 Å². The van der Waals surface area contributed by atoms with Crippen molar-refractivity contribution in [1.29, 1.82) is 0 Å². The fourth-order valence-corrected chi connectivity index (χ4v) is 3.66. The molecular formula is C25H19N3O2. The Kier molecular flexibility index (Phi) is 4.41. The molecule has 146 valence electrons. The average molecular weight is 393 g/mol. The third kappa shape index (κ3) is 3.06. The van der Waals surface area contributed by atoms with E-state index in [0.29, 0.717) is 22.7 Å². The van der Waals surface area contributed by atoms with Crippen molar-refractivity contribution >= 4 is 16.9 Å². The van der Waals surface area contributed by atoms with Gasteiger partial charge in [0.15, 0.2) is 0 Å². The van der Waals surface area contributed by atoms with E-state index in [2.05, 4.69) is 34.2 Å². The summed E-state index contributed by atoms with van der Waals surface area (Å²) in [5.74, 6) is 1.88. The van der Waals surface area contributed by atoms with Crippen LogP contribution in [0.25, 0.3) is 44.7 Å². The summed E-state index contributed by atoms with van der Waals surface area (Å²) in [5.41, 5.74) is 11.7. The van der Waals surface area contributed by atoms with E-state index in [1.807, 2.05) is 54.6 Å². The first-order valence-electron chi connectivity index (χ1n) is 9.58. The van der Waals surface area contributed by atoms with Crippen LogP contribution < -0.4 is 10.5 Å². The molecule has 0 saturated heterocycles. The zero-order valence-electron chi connectivity index (χ0n) is 16.4. The summed E-state index contributed by atoms with van der Waals surface area (Å²) in [4.78, 5) is 8.49. The number of ether oxygens (including phenoxy) is 1. The van der Waals surface area contributed by atoms with Gasteiger partial charge in [-0.2, -0.15) is 0 Å². The number of benzene rings is 3. The van der Waals surface area contributed by atoms with Crippen LogP contribution >= 0.6 is 0 Å². The molecule has 5 aromatic rings. The SMILES string of the molecule is COc1ccc(-c2c(-c3cccc(-c4ccccc4)c3)oc3ncnc(N)c23)cc1. The van der Waals surface area contributed by atoms with Gasteiger partial charge in [0.1, 0.15) is 23.7 Å². The molecule has 2 N–H and O–H groups in total. The van der Waals surface area contributed by atoms with E-state index < -0.39 is 0 Å². The molecule has 2 heterocycles. The minimum absolute atomic E-state index is 0.389. The van der Waals surface area contributed by atoms with Crippen LogP contribution in [0.15, 0.2) is 89.6 Å². The second-order valence-corrected chi connectivity index (χ2v) is 6.92. The number of fused-ring (bicyclic) bond motifs is 1. The summed E-state index contributed by atoms with van der Waals surface area (Å²) in [6, 6.07) is 26.3. The molecule has 0 aliphatic heterocycles. The van der Waals surface area contributed by atoms with Gasteiger partial charge >= 0.3 is 0 Å². The van der Waals surface area contributed by atoms with Crippen molar-refractivity contribution in [2.75, 3.05) is 12.8 Å². The molecule has 0 radical (unpaired) electrons. The van der Waals surface area contributed by atoms with Crippen molar-refractivity contribution < 1.29 is 9.15 Å². The summed E-state index contributed by atoms with van der Waals surface area (Å²) in [5, 5.41) is 0.711. The maximum Gasteiger partial charge on any atom is 0.232 e. The zero-order valence-corrected chi connectivity index (χ0v) is 16.4. The van der Waals surface area contributed by atoms with Gasteiger partial charge in [0, 0.05) is 11.1 Å². The Morgan fingerprint density at radius 1 is 0.767 bits per heavy atom. The van der Waals surface area contributed by atoms with Crippen LogP contribution in [0.1, 0.15) is 0 Å². The van der Waals surface area contributed by atoms with E-state index in [4.69, 9.17) is 14.9 Å². The van der Waals surface area contributed by atoms with Crippen LogP contribution in [0.3, 0.4) is 0 Å². The second-order valence-electron chi connectivity index (χ2n) is 6.92. The van der Waals surface area contributed by atoms with Gasteiger partial charge in [-0.3, -0.25) is 0 Å². The first-order chi connectivity index (χ1) is 14.7. The van der Waals surface area contributed by atoms with Gasteiger partial charge < -0.3 is 14.9 Å². The van der Waals surface area contributed by atoms with Gasteiger partial charge in [-0.1, -0.05) is 60.7 Å². The summed E-state index contributed by atoms with van der Waals surface area (Å²) in [6.07, 6.45) is 1.42. The molecule has 0 aliphatic carbocycles. The molecule has 5 nitrogen and oxygen atoms in total. The highest BCUT2D eigenvalue weighted by Crippen LogP contribution is 2.42. The first-order valence-corrected chi connectivity index (χ1v) is 9.58. The van der Waals surface area contributed by atoms with Crippen molar-refractivity contribution in [2.24, 2.45) is 0 Å². The van der Waals surface area contributed by atoms with E-state index >= 15 is 0 Å². The lowest BCUT2D eigenvalue weighted by molar-refractivity contribution is 0.415. The molecular weight excluding hydrogens is 374 g/mol. The molecule has 0 saturated carbocycles.